The van der Waals surface area contributed by atoms with E-state index in [4.69, 9.17) is 9.47 Å². The molecule has 1 N–H and O–H groups in total. The molecule has 0 spiro atoms. The number of phenolic OH excluding ortho intramolecular Hbond substituents is 1. The van der Waals surface area contributed by atoms with Crippen LogP contribution in [0, 0.1) is 41.0 Å². The van der Waals surface area contributed by atoms with E-state index in [-0.39, 0.29) is 35.6 Å². The fourth-order valence-electron chi connectivity index (χ4n) is 7.26. The molecule has 8 heteroatoms. The maximum Gasteiger partial charge on any atom is 0.309 e. The van der Waals surface area contributed by atoms with E-state index in [9.17, 15) is 27.5 Å². The van der Waals surface area contributed by atoms with E-state index in [0.717, 1.165) is 44.1 Å². The molecule has 3 fully saturated rings. The molecule has 0 radical (unpaired) electrons. The molecule has 41 heavy (non-hydrogen) atoms. The van der Waals surface area contributed by atoms with E-state index in [2.05, 4.69) is 6.08 Å². The molecule has 1 aliphatic heterocycles. The lowest BCUT2D eigenvalue weighted by Crippen LogP contribution is -2.31. The highest BCUT2D eigenvalue weighted by molar-refractivity contribution is 5.72. The molecule has 2 aromatic carbocycles. The predicted molar refractivity (Wildman–Crippen MR) is 145 cm³/mol. The normalized spacial score (nSPS) is 30.0. The van der Waals surface area contributed by atoms with Gasteiger partial charge in [0.05, 0.1) is 12.5 Å². The van der Waals surface area contributed by atoms with Crippen LogP contribution in [0.15, 0.2) is 30.3 Å². The van der Waals surface area contributed by atoms with Gasteiger partial charge in [-0.25, -0.2) is 13.2 Å². The highest BCUT2D eigenvalue weighted by Crippen LogP contribution is 2.43. The minimum absolute atomic E-state index is 0.117. The Hall–Kier alpha value is -2.87. The molecule has 2 unspecified atom stereocenters. The number of aromatic hydroxyl groups is 1. The third-order valence-corrected chi connectivity index (χ3v) is 9.85. The van der Waals surface area contributed by atoms with Crippen LogP contribution in [0.4, 0.5) is 17.6 Å². The van der Waals surface area contributed by atoms with Crippen molar-refractivity contribution in [2.24, 2.45) is 17.8 Å². The summed E-state index contributed by atoms with van der Waals surface area (Å²) >= 11 is 0. The van der Waals surface area contributed by atoms with Crippen LogP contribution < -0.4 is 0 Å². The van der Waals surface area contributed by atoms with E-state index >= 15 is 0 Å². The summed E-state index contributed by atoms with van der Waals surface area (Å²) in [5.74, 6) is -3.93. The zero-order valence-corrected chi connectivity index (χ0v) is 23.0. The molecule has 4 nitrogen and oxygen atoms in total. The van der Waals surface area contributed by atoms with Crippen molar-refractivity contribution in [2.75, 3.05) is 6.61 Å². The number of benzene rings is 2. The van der Waals surface area contributed by atoms with Crippen molar-refractivity contribution >= 4 is 11.5 Å². The number of carbonyl (C=O) groups excluding carboxylic acids is 1. The topological polar surface area (TPSA) is 59.1 Å². The van der Waals surface area contributed by atoms with Crippen molar-refractivity contribution in [1.29, 1.82) is 0 Å². The van der Waals surface area contributed by atoms with Crippen LogP contribution in [-0.2, 0) is 14.3 Å². The second-order valence-electron chi connectivity index (χ2n) is 12.2. The van der Waals surface area contributed by atoms with Gasteiger partial charge in [-0.1, -0.05) is 24.3 Å². The van der Waals surface area contributed by atoms with Crippen molar-refractivity contribution < 1.29 is 36.9 Å². The molecule has 1 saturated heterocycles. The second kappa shape index (κ2) is 11.8. The number of allylic oxidation sites excluding steroid dienone is 2. The van der Waals surface area contributed by atoms with Gasteiger partial charge in [-0.3, -0.25) is 4.79 Å². The SMILES string of the molecule is O=C(OC1CCC(c2ccc(O)c(F)c2F)CC1)C1CCC(C2CC=C(c3ccc(C4CO4)c(F)c3F)CC2)CC1. The van der Waals surface area contributed by atoms with Gasteiger partial charge in [0.2, 0.25) is 5.82 Å². The number of esters is 1. The van der Waals surface area contributed by atoms with Crippen LogP contribution >= 0.6 is 0 Å². The first-order valence-corrected chi connectivity index (χ1v) is 15.0. The van der Waals surface area contributed by atoms with E-state index in [1.165, 1.54) is 12.1 Å². The van der Waals surface area contributed by atoms with Gasteiger partial charge in [-0.05, 0) is 106 Å². The Bertz CT molecular complexity index is 1320. The molecule has 4 aliphatic rings. The average molecular weight is 573 g/mol. The number of ether oxygens (including phenoxy) is 2. The molecule has 2 aromatic rings. The summed E-state index contributed by atoms with van der Waals surface area (Å²) in [5.41, 5.74) is 1.79. The van der Waals surface area contributed by atoms with Gasteiger partial charge in [0.25, 0.3) is 0 Å². The summed E-state index contributed by atoms with van der Waals surface area (Å²) in [6.07, 6.45) is 9.88. The third kappa shape index (κ3) is 5.90. The molecule has 0 aromatic heterocycles. The lowest BCUT2D eigenvalue weighted by atomic mass is 9.71. The Morgan fingerprint density at radius 1 is 0.780 bits per heavy atom. The monoisotopic (exact) mass is 572 g/mol. The summed E-state index contributed by atoms with van der Waals surface area (Å²) in [6, 6.07) is 5.94. The van der Waals surface area contributed by atoms with Crippen LogP contribution in [0.1, 0.15) is 99.3 Å². The fraction of sp³-hybridized carbons (Fsp3) is 0.545. The molecule has 1 heterocycles. The van der Waals surface area contributed by atoms with Crippen LogP contribution in [0.2, 0.25) is 0 Å². The molecular weight excluding hydrogens is 536 g/mol. The Kier molecular flexibility index (Phi) is 8.12. The molecule has 0 amide bonds. The maximum absolute atomic E-state index is 14.8. The number of phenols is 1. The first-order chi connectivity index (χ1) is 19.8. The van der Waals surface area contributed by atoms with Crippen LogP contribution in [-0.4, -0.2) is 23.8 Å². The molecular formula is C33H36F4O4. The molecule has 3 aliphatic carbocycles. The van der Waals surface area contributed by atoms with E-state index < -0.39 is 29.0 Å². The lowest BCUT2D eigenvalue weighted by Gasteiger charge is -2.35. The summed E-state index contributed by atoms with van der Waals surface area (Å²) in [5, 5.41) is 9.37. The molecule has 2 atom stereocenters. The zero-order valence-electron chi connectivity index (χ0n) is 23.0. The van der Waals surface area contributed by atoms with Gasteiger partial charge in [0, 0.05) is 11.1 Å². The maximum atomic E-state index is 14.8. The quantitative estimate of drug-likeness (QED) is 0.215. The zero-order chi connectivity index (χ0) is 28.7. The minimum Gasteiger partial charge on any atom is -0.505 e. The van der Waals surface area contributed by atoms with Gasteiger partial charge in [0.15, 0.2) is 23.2 Å². The summed E-state index contributed by atoms with van der Waals surface area (Å²) in [4.78, 5) is 12.9. The predicted octanol–water partition coefficient (Wildman–Crippen LogP) is 8.28. The molecule has 6 rings (SSSR count). The Labute approximate surface area is 237 Å². The van der Waals surface area contributed by atoms with Gasteiger partial charge >= 0.3 is 5.97 Å². The number of rotatable bonds is 6. The minimum atomic E-state index is -1.21. The highest BCUT2D eigenvalue weighted by Gasteiger charge is 2.35. The van der Waals surface area contributed by atoms with E-state index in [1.807, 2.05) is 0 Å². The van der Waals surface area contributed by atoms with Crippen molar-refractivity contribution in [3.8, 4) is 5.75 Å². The van der Waals surface area contributed by atoms with Crippen molar-refractivity contribution in [3.63, 3.8) is 0 Å². The summed E-state index contributed by atoms with van der Waals surface area (Å²) < 4.78 is 68.3. The van der Waals surface area contributed by atoms with Crippen molar-refractivity contribution in [3.05, 3.63) is 70.3 Å². The van der Waals surface area contributed by atoms with E-state index in [0.29, 0.717) is 61.7 Å². The molecule has 2 saturated carbocycles. The van der Waals surface area contributed by atoms with Gasteiger partial charge in [-0.2, -0.15) is 4.39 Å². The Morgan fingerprint density at radius 3 is 2.12 bits per heavy atom. The summed E-state index contributed by atoms with van der Waals surface area (Å²) in [6.45, 7) is 0.439. The first kappa shape index (κ1) is 28.3. The number of carbonyl (C=O) groups is 1. The molecule has 220 valence electrons. The van der Waals surface area contributed by atoms with E-state index in [1.54, 1.807) is 12.1 Å². The fourth-order valence-corrected chi connectivity index (χ4v) is 7.26. The number of halogens is 4. The number of hydrogen-bond donors (Lipinski definition) is 1. The van der Waals surface area contributed by atoms with Crippen LogP contribution in [0.3, 0.4) is 0 Å². The average Bonchev–Trinajstić information content (AvgIpc) is 3.84. The second-order valence-corrected chi connectivity index (χ2v) is 12.2. The highest BCUT2D eigenvalue weighted by atomic mass is 19.2. The summed E-state index contributed by atoms with van der Waals surface area (Å²) in [7, 11) is 0. The Morgan fingerprint density at radius 2 is 1.46 bits per heavy atom. The standard InChI is InChI=1S/C33H36F4O4/c34-29-24(13-14-26(31(29)36)28-17-40-28)20-5-1-18(2-6-20)19-3-7-22(8-4-19)33(39)41-23-11-9-21(10-12-23)25-15-16-27(38)32(37)30(25)35/h5,13-16,18-19,21-23,28,38H,1-4,6-12,17H2. The largest absolute Gasteiger partial charge is 0.505 e. The van der Waals surface area contributed by atoms with Gasteiger partial charge in [0.1, 0.15) is 12.2 Å². The van der Waals surface area contributed by atoms with Crippen molar-refractivity contribution in [1.82, 2.24) is 0 Å². The van der Waals surface area contributed by atoms with Crippen LogP contribution in [0.25, 0.3) is 5.57 Å². The van der Waals surface area contributed by atoms with Gasteiger partial charge in [-0.15, -0.1) is 0 Å². The Balaban J connectivity index is 0.959. The lowest BCUT2D eigenvalue weighted by molar-refractivity contribution is -0.157. The third-order valence-electron chi connectivity index (χ3n) is 9.85. The first-order valence-electron chi connectivity index (χ1n) is 15.0. The smallest absolute Gasteiger partial charge is 0.309 e. The number of epoxide rings is 1. The van der Waals surface area contributed by atoms with Gasteiger partial charge < -0.3 is 14.6 Å². The van der Waals surface area contributed by atoms with Crippen molar-refractivity contribution in [2.45, 2.75) is 88.8 Å². The van der Waals surface area contributed by atoms with Crippen LogP contribution in [0.5, 0.6) is 5.75 Å². The molecule has 0 bridgehead atoms. The number of hydrogen-bond acceptors (Lipinski definition) is 4.